The van der Waals surface area contributed by atoms with Crippen LogP contribution in [-0.2, 0) is 24.9 Å². The second kappa shape index (κ2) is 14.7. The van der Waals surface area contributed by atoms with Gasteiger partial charge in [0.15, 0.2) is 5.78 Å². The fraction of sp³-hybridized carbons (Fsp3) is 0.286. The molecule has 0 amide bonds. The van der Waals surface area contributed by atoms with E-state index in [1.54, 1.807) is 0 Å². The van der Waals surface area contributed by atoms with Crippen molar-refractivity contribution in [3.63, 3.8) is 0 Å². The first kappa shape index (κ1) is 35.5. The molecule has 7 rings (SSSR count). The normalized spacial score (nSPS) is 13.8. The molecule has 0 spiro atoms. The van der Waals surface area contributed by atoms with Gasteiger partial charge in [-0.05, 0) is 71.9 Å². The fourth-order valence-electron chi connectivity index (χ4n) is 7.36. The summed E-state index contributed by atoms with van der Waals surface area (Å²) in [6, 6.07) is 34.4. The summed E-state index contributed by atoms with van der Waals surface area (Å²) in [6.07, 6.45) is 6.91. The first-order chi connectivity index (χ1) is 22.7. The van der Waals surface area contributed by atoms with Gasteiger partial charge in [0.25, 0.3) is 0 Å². The van der Waals surface area contributed by atoms with Gasteiger partial charge in [0.2, 0.25) is 0 Å². The average molecular weight is 830 g/mol. The Morgan fingerprint density at radius 3 is 2.15 bits per heavy atom. The monoisotopic (exact) mass is 830 g/mol. The minimum absolute atomic E-state index is 0. The summed E-state index contributed by atoms with van der Waals surface area (Å²) < 4.78 is 0. The largest absolute Gasteiger partial charge is 0.512 e. The Hall–Kier alpha value is -3.83. The molecule has 1 N–H and O–H groups in total. The number of rotatable bonds is 8. The van der Waals surface area contributed by atoms with E-state index in [0.29, 0.717) is 0 Å². The third-order valence-corrected chi connectivity index (χ3v) is 13.7. The Balaban J connectivity index is 0.000000243. The maximum Gasteiger partial charge on any atom is 0.162 e. The number of aliphatic hydroxyl groups is 1. The average Bonchev–Trinajstić information content (AvgIpc) is 3.25. The maximum absolute atomic E-state index is 11.7. The molecule has 4 aromatic carbocycles. The number of anilines is 3. The maximum atomic E-state index is 11.7. The van der Waals surface area contributed by atoms with Gasteiger partial charge >= 0.3 is 0 Å². The van der Waals surface area contributed by atoms with Crippen molar-refractivity contribution in [3.05, 3.63) is 109 Å². The van der Waals surface area contributed by atoms with E-state index < -0.39 is 8.07 Å². The van der Waals surface area contributed by atoms with Crippen molar-refractivity contribution >= 4 is 52.1 Å². The molecule has 4 nitrogen and oxygen atoms in total. The number of para-hydroxylation sites is 1. The van der Waals surface area contributed by atoms with Crippen LogP contribution in [0.5, 0.6) is 0 Å². The van der Waals surface area contributed by atoms with Crippen LogP contribution in [0.15, 0.2) is 103 Å². The van der Waals surface area contributed by atoms with Crippen LogP contribution in [0.4, 0.5) is 17.1 Å². The molecular formula is C42H45IrN2O2Si-. The summed E-state index contributed by atoms with van der Waals surface area (Å²) in [5, 5.41) is 15.1. The minimum Gasteiger partial charge on any atom is -0.512 e. The Kier molecular flexibility index (Phi) is 10.9. The number of pyridine rings is 1. The summed E-state index contributed by atoms with van der Waals surface area (Å²) in [5.74, 6) is 0.547. The molecule has 249 valence electrons. The van der Waals surface area contributed by atoms with E-state index in [1.807, 2.05) is 33.9 Å². The number of hydrogen-bond donors (Lipinski definition) is 1. The molecule has 1 radical (unpaired) electrons. The predicted octanol–water partition coefficient (Wildman–Crippen LogP) is 10.2. The summed E-state index contributed by atoms with van der Waals surface area (Å²) in [6.45, 7) is 13.0. The van der Waals surface area contributed by atoms with E-state index in [2.05, 4.69) is 109 Å². The molecule has 2 aliphatic rings. The van der Waals surface area contributed by atoms with Gasteiger partial charge in [-0.2, -0.15) is 0 Å². The van der Waals surface area contributed by atoms with Gasteiger partial charge in [0.1, 0.15) is 8.07 Å². The predicted molar refractivity (Wildman–Crippen MR) is 200 cm³/mol. The van der Waals surface area contributed by atoms with Gasteiger partial charge in [0.05, 0.1) is 5.76 Å². The molecule has 0 saturated carbocycles. The number of hydrogen-bond acceptors (Lipinski definition) is 4. The molecule has 48 heavy (non-hydrogen) atoms. The molecule has 2 aliphatic heterocycles. The molecule has 0 aliphatic carbocycles. The minimum atomic E-state index is -1.81. The Bertz CT molecular complexity index is 1960. The summed E-state index contributed by atoms with van der Waals surface area (Å²) in [7, 11) is -1.81. The van der Waals surface area contributed by atoms with Gasteiger partial charge in [0, 0.05) is 61.3 Å². The molecule has 3 heterocycles. The fourth-order valence-corrected chi connectivity index (χ4v) is 10.4. The molecule has 1 aromatic heterocycles. The molecule has 6 heteroatoms. The second-order valence-corrected chi connectivity index (χ2v) is 17.5. The van der Waals surface area contributed by atoms with Crippen molar-refractivity contribution in [1.29, 1.82) is 0 Å². The van der Waals surface area contributed by atoms with Crippen molar-refractivity contribution in [2.75, 3.05) is 4.90 Å². The first-order valence-corrected chi connectivity index (χ1v) is 20.1. The number of benzene rings is 4. The van der Waals surface area contributed by atoms with Gasteiger partial charge < -0.3 is 10.0 Å². The number of aromatic nitrogens is 1. The number of allylic oxidation sites excluding steroid dienone is 2. The molecule has 5 aromatic rings. The van der Waals surface area contributed by atoms with Crippen LogP contribution >= 0.6 is 0 Å². The van der Waals surface area contributed by atoms with Crippen molar-refractivity contribution in [1.82, 2.24) is 4.98 Å². The van der Waals surface area contributed by atoms with E-state index in [1.165, 1.54) is 38.6 Å². The van der Waals surface area contributed by atoms with Gasteiger partial charge in [-0.1, -0.05) is 112 Å². The van der Waals surface area contributed by atoms with Crippen molar-refractivity contribution < 1.29 is 30.0 Å². The zero-order chi connectivity index (χ0) is 33.3. The Morgan fingerprint density at radius 2 is 1.46 bits per heavy atom. The van der Waals surface area contributed by atoms with Crippen LogP contribution in [0.25, 0.3) is 33.2 Å². The van der Waals surface area contributed by atoms with Crippen LogP contribution in [0.3, 0.4) is 0 Å². The Morgan fingerprint density at radius 1 is 0.812 bits per heavy atom. The van der Waals surface area contributed by atoms with Gasteiger partial charge in [-0.15, -0.1) is 17.5 Å². The Labute approximate surface area is 300 Å². The van der Waals surface area contributed by atoms with Crippen LogP contribution in [0.2, 0.25) is 13.1 Å². The van der Waals surface area contributed by atoms with Crippen LogP contribution < -0.4 is 15.3 Å². The third-order valence-electron chi connectivity index (χ3n) is 10.2. The SMILES string of the molecule is CCC(CC)C(=O)/C=C(\O)C(CC)CC.C[Si]1(C)c2cccc3c2-c2c1ccnc2-c1[c-]c2ccccc2cc1N3c1ccccc1.[Ir]. The smallest absolute Gasteiger partial charge is 0.162 e. The molecule has 0 unspecified atom stereocenters. The molecule has 0 fully saturated rings. The topological polar surface area (TPSA) is 53.4 Å². The number of aliphatic hydroxyl groups excluding tert-OH is 1. The number of fused-ring (bicyclic) bond motifs is 3. The van der Waals surface area contributed by atoms with Crippen LogP contribution in [-0.4, -0.2) is 23.9 Å². The quantitative estimate of drug-likeness (QED) is 0.0719. The summed E-state index contributed by atoms with van der Waals surface area (Å²) in [5.41, 5.74) is 8.36. The van der Waals surface area contributed by atoms with Gasteiger partial charge in [-0.3, -0.25) is 9.78 Å². The van der Waals surface area contributed by atoms with Crippen molar-refractivity contribution in [2.45, 2.75) is 66.5 Å². The molecule has 0 saturated heterocycles. The van der Waals surface area contributed by atoms with Crippen molar-refractivity contribution in [2.24, 2.45) is 11.8 Å². The summed E-state index contributed by atoms with van der Waals surface area (Å²) in [4.78, 5) is 19.1. The molecule has 0 bridgehead atoms. The molecule has 0 atom stereocenters. The van der Waals surface area contributed by atoms with Crippen LogP contribution in [0, 0.1) is 17.9 Å². The van der Waals surface area contributed by atoms with Crippen LogP contribution in [0.1, 0.15) is 53.4 Å². The van der Waals surface area contributed by atoms with E-state index in [-0.39, 0.29) is 43.5 Å². The second-order valence-electron chi connectivity index (χ2n) is 13.2. The number of carbonyl (C=O) groups is 1. The van der Waals surface area contributed by atoms with E-state index in [4.69, 9.17) is 4.98 Å². The standard InChI is InChI=1S/C29H21N2Si.C13H24O2.Ir/c1-32(2)25-14-8-13-23-27(25)28-26(32)15-16-30-29(28)22-17-19-9-6-7-10-20(19)18-24(22)31(23)21-11-4-3-5-12-21;1-5-10(6-2)12(14)9-13(15)11(7-3)8-4;/h3-16,18H,1-2H3;9-11,14H,5-8H2,1-4H3;/q-1;;/b;12-9-;. The number of carbonyl (C=O) groups excluding carboxylic acids is 1. The third kappa shape index (κ3) is 6.22. The number of ketones is 1. The van der Waals surface area contributed by atoms with E-state index in [9.17, 15) is 9.90 Å². The van der Waals surface area contributed by atoms with E-state index >= 15 is 0 Å². The zero-order valence-electron chi connectivity index (χ0n) is 28.8. The first-order valence-electron chi connectivity index (χ1n) is 17.1. The molecular weight excluding hydrogens is 785 g/mol. The van der Waals surface area contributed by atoms with Gasteiger partial charge in [-0.25, -0.2) is 0 Å². The zero-order valence-corrected chi connectivity index (χ0v) is 32.2. The number of nitrogens with zero attached hydrogens (tertiary/aromatic N) is 2. The van der Waals surface area contributed by atoms with Crippen molar-refractivity contribution in [3.8, 4) is 22.4 Å². The van der Waals surface area contributed by atoms with E-state index in [0.717, 1.165) is 53.7 Å². The summed E-state index contributed by atoms with van der Waals surface area (Å²) >= 11 is 0.